The lowest BCUT2D eigenvalue weighted by atomic mass is 9.98. The van der Waals surface area contributed by atoms with Gasteiger partial charge in [0, 0.05) is 6.04 Å². The first-order chi connectivity index (χ1) is 9.22. The van der Waals surface area contributed by atoms with Gasteiger partial charge in [0.15, 0.2) is 0 Å². The predicted octanol–water partition coefficient (Wildman–Crippen LogP) is 3.87. The molecule has 0 radical (unpaired) electrons. The van der Waals surface area contributed by atoms with Gasteiger partial charge in [-0.25, -0.2) is 0 Å². The molecule has 3 nitrogen and oxygen atoms in total. The molecule has 1 aromatic rings. The van der Waals surface area contributed by atoms with Crippen molar-refractivity contribution in [3.8, 4) is 5.75 Å². The maximum absolute atomic E-state index is 5.69. The fourth-order valence-electron chi connectivity index (χ4n) is 2.42. The zero-order valence-corrected chi connectivity index (χ0v) is 12.5. The number of aryl methyl sites for hydroxylation is 1. The molecule has 3 heteroatoms. The smallest absolute Gasteiger partial charge is 0.121 e. The van der Waals surface area contributed by atoms with Gasteiger partial charge in [0.25, 0.3) is 0 Å². The zero-order chi connectivity index (χ0) is 14.1. The van der Waals surface area contributed by atoms with Gasteiger partial charge in [-0.3, -0.25) is 11.3 Å². The van der Waals surface area contributed by atoms with E-state index >= 15 is 0 Å². The van der Waals surface area contributed by atoms with Crippen LogP contribution < -0.4 is 16.0 Å². The van der Waals surface area contributed by atoms with Crippen molar-refractivity contribution in [1.82, 2.24) is 5.43 Å². The average Bonchev–Trinajstić information content (AvgIpc) is 2.43. The van der Waals surface area contributed by atoms with Crippen molar-refractivity contribution in [2.45, 2.75) is 58.4 Å². The van der Waals surface area contributed by atoms with E-state index in [1.54, 1.807) is 7.11 Å². The molecule has 0 saturated carbocycles. The van der Waals surface area contributed by atoms with Crippen LogP contribution in [0.25, 0.3) is 0 Å². The van der Waals surface area contributed by atoms with E-state index in [0.29, 0.717) is 0 Å². The van der Waals surface area contributed by atoms with Crippen molar-refractivity contribution in [1.29, 1.82) is 0 Å². The van der Waals surface area contributed by atoms with Crippen LogP contribution in [0.4, 0.5) is 0 Å². The summed E-state index contributed by atoms with van der Waals surface area (Å²) >= 11 is 0. The first kappa shape index (κ1) is 16.0. The van der Waals surface area contributed by atoms with E-state index in [1.165, 1.54) is 37.7 Å². The molecule has 1 aromatic carbocycles. The number of unbranched alkanes of at least 4 members (excludes halogenated alkanes) is 4. The summed E-state index contributed by atoms with van der Waals surface area (Å²) in [6.07, 6.45) is 7.56. The summed E-state index contributed by atoms with van der Waals surface area (Å²) in [5, 5.41) is 0. The first-order valence-corrected chi connectivity index (χ1v) is 7.33. The van der Waals surface area contributed by atoms with Crippen molar-refractivity contribution >= 4 is 0 Å². The Balaban J connectivity index is 2.52. The molecule has 0 spiro atoms. The van der Waals surface area contributed by atoms with E-state index in [4.69, 9.17) is 10.6 Å². The number of hydrogen-bond acceptors (Lipinski definition) is 3. The highest BCUT2D eigenvalue weighted by atomic mass is 16.5. The molecule has 3 N–H and O–H groups in total. The quantitative estimate of drug-likeness (QED) is 0.404. The minimum absolute atomic E-state index is 0.242. The Labute approximate surface area is 117 Å². The van der Waals surface area contributed by atoms with Crippen molar-refractivity contribution in [3.05, 3.63) is 29.3 Å². The fraction of sp³-hybridized carbons (Fsp3) is 0.625. The Morgan fingerprint density at radius 3 is 2.53 bits per heavy atom. The van der Waals surface area contributed by atoms with E-state index in [1.807, 2.05) is 6.07 Å². The molecule has 0 fully saturated rings. The van der Waals surface area contributed by atoms with Crippen LogP contribution in [-0.4, -0.2) is 7.11 Å². The van der Waals surface area contributed by atoms with Gasteiger partial charge in [-0.05, 0) is 30.5 Å². The molecule has 0 aliphatic carbocycles. The lowest BCUT2D eigenvalue weighted by molar-refractivity contribution is 0.410. The first-order valence-electron chi connectivity index (χ1n) is 7.33. The molecule has 0 aliphatic rings. The Morgan fingerprint density at radius 2 is 1.95 bits per heavy atom. The molecule has 0 saturated heterocycles. The zero-order valence-electron chi connectivity index (χ0n) is 12.5. The SMILES string of the molecule is CCCCCCCC(NN)c1ccc(OC)c(C)c1. The lowest BCUT2D eigenvalue weighted by Gasteiger charge is -2.17. The number of hydrazine groups is 1. The molecule has 0 heterocycles. The average molecular weight is 264 g/mol. The van der Waals surface area contributed by atoms with E-state index in [9.17, 15) is 0 Å². The van der Waals surface area contributed by atoms with E-state index in [0.717, 1.165) is 17.7 Å². The number of hydrogen-bond donors (Lipinski definition) is 2. The van der Waals surface area contributed by atoms with E-state index in [-0.39, 0.29) is 6.04 Å². The van der Waals surface area contributed by atoms with Gasteiger partial charge >= 0.3 is 0 Å². The molecule has 1 unspecified atom stereocenters. The van der Waals surface area contributed by atoms with Gasteiger partial charge in [0.05, 0.1) is 7.11 Å². The molecule has 0 bridgehead atoms. The summed E-state index contributed by atoms with van der Waals surface area (Å²) in [7, 11) is 1.70. The molecular formula is C16H28N2O. The standard InChI is InChI=1S/C16H28N2O/c1-4-5-6-7-8-9-15(18-17)14-10-11-16(19-3)13(2)12-14/h10-12,15,18H,4-9,17H2,1-3H3. The van der Waals surface area contributed by atoms with Crippen LogP contribution in [-0.2, 0) is 0 Å². The van der Waals surface area contributed by atoms with Crippen molar-refractivity contribution in [3.63, 3.8) is 0 Å². The molecule has 0 amide bonds. The van der Waals surface area contributed by atoms with Crippen LogP contribution in [0.15, 0.2) is 18.2 Å². The van der Waals surface area contributed by atoms with Gasteiger partial charge in [0.2, 0.25) is 0 Å². The number of nitrogens with two attached hydrogens (primary N) is 1. The van der Waals surface area contributed by atoms with Crippen LogP contribution in [0.3, 0.4) is 0 Å². The highest BCUT2D eigenvalue weighted by Gasteiger charge is 2.10. The summed E-state index contributed by atoms with van der Waals surface area (Å²) in [6.45, 7) is 4.31. The van der Waals surface area contributed by atoms with Crippen LogP contribution in [0.2, 0.25) is 0 Å². The second-order valence-corrected chi connectivity index (χ2v) is 5.15. The summed E-state index contributed by atoms with van der Waals surface area (Å²) < 4.78 is 5.29. The molecule has 1 atom stereocenters. The molecule has 1 rings (SSSR count). The largest absolute Gasteiger partial charge is 0.496 e. The molecule has 19 heavy (non-hydrogen) atoms. The van der Waals surface area contributed by atoms with Gasteiger partial charge in [-0.15, -0.1) is 0 Å². The minimum atomic E-state index is 0.242. The summed E-state index contributed by atoms with van der Waals surface area (Å²) in [4.78, 5) is 0. The Hall–Kier alpha value is -1.06. The van der Waals surface area contributed by atoms with Crippen LogP contribution in [0, 0.1) is 6.92 Å². The van der Waals surface area contributed by atoms with Gasteiger partial charge in [-0.2, -0.15) is 0 Å². The highest BCUT2D eigenvalue weighted by Crippen LogP contribution is 2.25. The van der Waals surface area contributed by atoms with Crippen molar-refractivity contribution in [2.75, 3.05) is 7.11 Å². The third-order valence-corrected chi connectivity index (χ3v) is 3.62. The predicted molar refractivity (Wildman–Crippen MR) is 81.2 cm³/mol. The summed E-state index contributed by atoms with van der Waals surface area (Å²) in [6, 6.07) is 6.52. The van der Waals surface area contributed by atoms with Gasteiger partial charge in [-0.1, -0.05) is 51.2 Å². The lowest BCUT2D eigenvalue weighted by Crippen LogP contribution is -2.28. The topological polar surface area (TPSA) is 47.3 Å². The maximum Gasteiger partial charge on any atom is 0.121 e. The normalized spacial score (nSPS) is 12.4. The molecule has 108 valence electrons. The number of ether oxygens (including phenoxy) is 1. The monoisotopic (exact) mass is 264 g/mol. The van der Waals surface area contributed by atoms with Crippen LogP contribution >= 0.6 is 0 Å². The maximum atomic E-state index is 5.69. The number of nitrogens with one attached hydrogen (secondary N) is 1. The van der Waals surface area contributed by atoms with Crippen LogP contribution in [0.1, 0.15) is 62.6 Å². The van der Waals surface area contributed by atoms with E-state index < -0.39 is 0 Å². The third-order valence-electron chi connectivity index (χ3n) is 3.62. The number of methoxy groups -OCH3 is 1. The number of benzene rings is 1. The Kier molecular flexibility index (Phi) is 7.53. The Morgan fingerprint density at radius 1 is 1.21 bits per heavy atom. The van der Waals surface area contributed by atoms with Crippen LogP contribution in [0.5, 0.6) is 5.75 Å². The molecular weight excluding hydrogens is 236 g/mol. The summed E-state index contributed by atoms with van der Waals surface area (Å²) in [5.41, 5.74) is 5.34. The second-order valence-electron chi connectivity index (χ2n) is 5.15. The molecule has 0 aliphatic heterocycles. The van der Waals surface area contributed by atoms with Gasteiger partial charge in [0.1, 0.15) is 5.75 Å². The minimum Gasteiger partial charge on any atom is -0.496 e. The van der Waals surface area contributed by atoms with Crippen molar-refractivity contribution < 1.29 is 4.74 Å². The summed E-state index contributed by atoms with van der Waals surface area (Å²) in [5.74, 6) is 6.62. The van der Waals surface area contributed by atoms with Crippen molar-refractivity contribution in [2.24, 2.45) is 5.84 Å². The number of rotatable bonds is 9. The second kappa shape index (κ2) is 8.94. The van der Waals surface area contributed by atoms with Gasteiger partial charge < -0.3 is 4.74 Å². The molecule has 0 aromatic heterocycles. The van der Waals surface area contributed by atoms with E-state index in [2.05, 4.69) is 31.4 Å². The Bertz CT molecular complexity index is 366. The highest BCUT2D eigenvalue weighted by molar-refractivity contribution is 5.37. The fourth-order valence-corrected chi connectivity index (χ4v) is 2.42. The third kappa shape index (κ3) is 5.21.